The fourth-order valence-corrected chi connectivity index (χ4v) is 3.64. The number of rotatable bonds is 6. The van der Waals surface area contributed by atoms with Crippen LogP contribution >= 0.6 is 30.2 Å². The second kappa shape index (κ2) is 6.85. The van der Waals surface area contributed by atoms with Crippen LogP contribution in [0, 0.1) is 3.57 Å². The predicted molar refractivity (Wildman–Crippen MR) is 76.9 cm³/mol. The molecule has 96 valence electrons. The van der Waals surface area contributed by atoms with Gasteiger partial charge in [0.1, 0.15) is 5.78 Å². The fraction of sp³-hybridized carbons (Fsp3) is 0.455. The van der Waals surface area contributed by atoms with Crippen LogP contribution in [-0.2, 0) is 13.6 Å². The number of hydrogen-bond donors (Lipinski definition) is 1. The molecule has 2 N–H and O–H groups in total. The van der Waals surface area contributed by atoms with E-state index < -0.39 is 13.4 Å². The summed E-state index contributed by atoms with van der Waals surface area (Å²) in [5.41, 5.74) is 6.76. The van der Waals surface area contributed by atoms with E-state index in [4.69, 9.17) is 14.8 Å². The molecule has 0 aliphatic carbocycles. The van der Waals surface area contributed by atoms with Gasteiger partial charge in [-0.15, -0.1) is 0 Å². The largest absolute Gasteiger partial charge is 0.351 e. The molecule has 6 heteroatoms. The SMILES string of the molecule is CCOP(=O)(OCC)[C@@H](N)c1cccc(I)c1. The Morgan fingerprint density at radius 1 is 1.35 bits per heavy atom. The van der Waals surface area contributed by atoms with Gasteiger partial charge >= 0.3 is 7.60 Å². The van der Waals surface area contributed by atoms with Crippen molar-refractivity contribution < 1.29 is 13.6 Å². The van der Waals surface area contributed by atoms with Crippen LogP contribution in [0.1, 0.15) is 25.2 Å². The van der Waals surface area contributed by atoms with Gasteiger partial charge < -0.3 is 14.8 Å². The van der Waals surface area contributed by atoms with Crippen LogP contribution in [0.25, 0.3) is 0 Å². The summed E-state index contributed by atoms with van der Waals surface area (Å²) in [5.74, 6) is -0.739. The smallest absolute Gasteiger partial charge is 0.314 e. The van der Waals surface area contributed by atoms with Gasteiger partial charge in [-0.2, -0.15) is 0 Å². The van der Waals surface area contributed by atoms with E-state index in [-0.39, 0.29) is 0 Å². The molecule has 0 saturated carbocycles. The molecule has 0 aliphatic heterocycles. The lowest BCUT2D eigenvalue weighted by molar-refractivity contribution is 0.212. The summed E-state index contributed by atoms with van der Waals surface area (Å²) in [6.07, 6.45) is 0. The average Bonchev–Trinajstić information content (AvgIpc) is 2.28. The topological polar surface area (TPSA) is 61.5 Å². The van der Waals surface area contributed by atoms with Gasteiger partial charge in [-0.05, 0) is 54.1 Å². The van der Waals surface area contributed by atoms with Gasteiger partial charge in [0.2, 0.25) is 0 Å². The first-order valence-electron chi connectivity index (χ1n) is 5.43. The van der Waals surface area contributed by atoms with Crippen LogP contribution in [-0.4, -0.2) is 13.2 Å². The summed E-state index contributed by atoms with van der Waals surface area (Å²) in [4.78, 5) is 0. The predicted octanol–water partition coefficient (Wildman–Crippen LogP) is 3.51. The lowest BCUT2D eigenvalue weighted by Gasteiger charge is -2.23. The molecule has 0 amide bonds. The molecule has 0 radical (unpaired) electrons. The Morgan fingerprint density at radius 3 is 2.41 bits per heavy atom. The summed E-state index contributed by atoms with van der Waals surface area (Å²) in [6.45, 7) is 4.17. The third-order valence-corrected chi connectivity index (χ3v) is 5.04. The molecular formula is C11H17INO3P. The Morgan fingerprint density at radius 2 is 1.94 bits per heavy atom. The molecule has 0 aliphatic rings. The maximum atomic E-state index is 12.5. The van der Waals surface area contributed by atoms with Gasteiger partial charge in [-0.1, -0.05) is 12.1 Å². The summed E-state index contributed by atoms with van der Waals surface area (Å²) in [7, 11) is -3.28. The van der Waals surface area contributed by atoms with Gasteiger partial charge in [-0.3, -0.25) is 4.57 Å². The van der Waals surface area contributed by atoms with Crippen molar-refractivity contribution in [1.29, 1.82) is 0 Å². The molecule has 4 nitrogen and oxygen atoms in total. The minimum absolute atomic E-state index is 0.314. The Labute approximate surface area is 116 Å². The van der Waals surface area contributed by atoms with Crippen LogP contribution in [0.15, 0.2) is 24.3 Å². The van der Waals surface area contributed by atoms with E-state index in [0.717, 1.165) is 9.13 Å². The molecule has 1 rings (SSSR count). The number of halogens is 1. The second-order valence-corrected chi connectivity index (χ2v) is 6.77. The first-order chi connectivity index (χ1) is 8.03. The molecule has 1 aromatic rings. The molecular weight excluding hydrogens is 352 g/mol. The number of benzene rings is 1. The quantitative estimate of drug-likeness (QED) is 0.616. The molecule has 0 bridgehead atoms. The number of hydrogen-bond acceptors (Lipinski definition) is 4. The Bertz CT molecular complexity index is 403. The summed E-state index contributed by atoms with van der Waals surface area (Å²) < 4.78 is 24.0. The molecule has 0 spiro atoms. The van der Waals surface area contributed by atoms with Crippen molar-refractivity contribution in [3.05, 3.63) is 33.4 Å². The standard InChI is InChI=1S/C11H17INO3P/c1-3-15-17(14,16-4-2)11(13)9-6-5-7-10(12)8-9/h5-8,11H,3-4,13H2,1-2H3/t11-/m1/s1. The van der Waals surface area contributed by atoms with Crippen LogP contribution in [0.2, 0.25) is 0 Å². The Hall–Kier alpha value is 0.0600. The van der Waals surface area contributed by atoms with Gasteiger partial charge in [0.05, 0.1) is 13.2 Å². The number of nitrogens with two attached hydrogens (primary N) is 1. The van der Waals surface area contributed by atoms with Gasteiger partial charge in [0, 0.05) is 3.57 Å². The van der Waals surface area contributed by atoms with E-state index >= 15 is 0 Å². The Kier molecular flexibility index (Phi) is 6.09. The highest BCUT2D eigenvalue weighted by Crippen LogP contribution is 2.58. The minimum atomic E-state index is -3.28. The molecule has 0 saturated heterocycles. The molecule has 0 unspecified atom stereocenters. The van der Waals surface area contributed by atoms with E-state index in [2.05, 4.69) is 22.6 Å². The van der Waals surface area contributed by atoms with Crippen molar-refractivity contribution in [1.82, 2.24) is 0 Å². The van der Waals surface area contributed by atoms with E-state index in [9.17, 15) is 4.57 Å². The highest BCUT2D eigenvalue weighted by molar-refractivity contribution is 14.1. The zero-order valence-corrected chi connectivity index (χ0v) is 13.0. The maximum Gasteiger partial charge on any atom is 0.351 e. The van der Waals surface area contributed by atoms with Gasteiger partial charge in [0.15, 0.2) is 0 Å². The van der Waals surface area contributed by atoms with E-state index in [0.29, 0.717) is 13.2 Å². The van der Waals surface area contributed by atoms with E-state index in [1.54, 1.807) is 13.8 Å². The van der Waals surface area contributed by atoms with Crippen LogP contribution < -0.4 is 5.73 Å². The van der Waals surface area contributed by atoms with Crippen molar-refractivity contribution in [3.8, 4) is 0 Å². The van der Waals surface area contributed by atoms with E-state index in [1.165, 1.54) is 0 Å². The monoisotopic (exact) mass is 369 g/mol. The zero-order chi connectivity index (χ0) is 12.9. The van der Waals surface area contributed by atoms with Crippen molar-refractivity contribution in [2.24, 2.45) is 5.73 Å². The van der Waals surface area contributed by atoms with Crippen LogP contribution in [0.3, 0.4) is 0 Å². The first kappa shape index (κ1) is 15.1. The molecule has 0 fully saturated rings. The third kappa shape index (κ3) is 4.03. The summed E-state index contributed by atoms with van der Waals surface area (Å²) >= 11 is 2.18. The molecule has 0 aromatic heterocycles. The lowest BCUT2D eigenvalue weighted by Crippen LogP contribution is -2.15. The molecule has 17 heavy (non-hydrogen) atoms. The highest BCUT2D eigenvalue weighted by atomic mass is 127. The normalized spacial score (nSPS) is 13.6. The average molecular weight is 369 g/mol. The van der Waals surface area contributed by atoms with Crippen molar-refractivity contribution in [2.75, 3.05) is 13.2 Å². The zero-order valence-electron chi connectivity index (χ0n) is 9.93. The maximum absolute atomic E-state index is 12.5. The first-order valence-corrected chi connectivity index (χ1v) is 8.12. The van der Waals surface area contributed by atoms with Crippen molar-refractivity contribution >= 4 is 30.2 Å². The van der Waals surface area contributed by atoms with E-state index in [1.807, 2.05) is 24.3 Å². The van der Waals surface area contributed by atoms with Crippen molar-refractivity contribution in [3.63, 3.8) is 0 Å². The minimum Gasteiger partial charge on any atom is -0.314 e. The third-order valence-electron chi connectivity index (χ3n) is 2.15. The molecule has 1 aromatic carbocycles. The molecule has 1 atom stereocenters. The van der Waals surface area contributed by atoms with Gasteiger partial charge in [0.25, 0.3) is 0 Å². The van der Waals surface area contributed by atoms with Gasteiger partial charge in [-0.25, -0.2) is 0 Å². The van der Waals surface area contributed by atoms with Crippen LogP contribution in [0.4, 0.5) is 0 Å². The lowest BCUT2D eigenvalue weighted by atomic mass is 10.2. The van der Waals surface area contributed by atoms with Crippen molar-refractivity contribution in [2.45, 2.75) is 19.6 Å². The van der Waals surface area contributed by atoms with Crippen LogP contribution in [0.5, 0.6) is 0 Å². The fourth-order valence-electron chi connectivity index (χ4n) is 1.43. The Balaban J connectivity index is 2.99. The highest BCUT2D eigenvalue weighted by Gasteiger charge is 2.33. The molecule has 0 heterocycles. The summed E-state index contributed by atoms with van der Waals surface area (Å²) in [6, 6.07) is 7.54. The summed E-state index contributed by atoms with van der Waals surface area (Å²) in [5, 5.41) is 0. The second-order valence-electron chi connectivity index (χ2n) is 3.38.